The van der Waals surface area contributed by atoms with Gasteiger partial charge in [0.2, 0.25) is 21.7 Å². The minimum Gasteiger partial charge on any atom is -0.493 e. The molecule has 1 N–H and O–H groups in total. The van der Waals surface area contributed by atoms with Gasteiger partial charge >= 0.3 is 0 Å². The average Bonchev–Trinajstić information content (AvgIpc) is 2.93. The molecule has 1 atom stereocenters. The molecule has 0 saturated carbocycles. The van der Waals surface area contributed by atoms with E-state index in [2.05, 4.69) is 5.32 Å². The molecule has 31 heavy (non-hydrogen) atoms. The number of benzene rings is 2. The average molecular weight is 469 g/mol. The Balaban J connectivity index is 1.90. The highest BCUT2D eigenvalue weighted by molar-refractivity contribution is 7.94. The number of nitrogens with one attached hydrogen (secondary N) is 1. The first-order valence-corrected chi connectivity index (χ1v) is 11.1. The second-order valence-electron chi connectivity index (χ2n) is 6.81. The summed E-state index contributed by atoms with van der Waals surface area (Å²) in [7, 11) is 0.593. The Kier molecular flexibility index (Phi) is 6.33. The number of carbonyl (C=O) groups is 2. The molecule has 3 rings (SSSR count). The summed E-state index contributed by atoms with van der Waals surface area (Å²) < 4.78 is 41.1. The molecule has 166 valence electrons. The molecule has 1 fully saturated rings. The Morgan fingerprint density at radius 3 is 2.16 bits per heavy atom. The number of anilines is 2. The van der Waals surface area contributed by atoms with Gasteiger partial charge in [0.25, 0.3) is 5.91 Å². The third-order valence-electron chi connectivity index (χ3n) is 4.71. The lowest BCUT2D eigenvalue weighted by Gasteiger charge is -2.17. The number of carbonyl (C=O) groups excluding carboxylic acids is 2. The van der Waals surface area contributed by atoms with E-state index < -0.39 is 27.8 Å². The summed E-state index contributed by atoms with van der Waals surface area (Å²) in [5.41, 5.74) is 0.547. The molecular weight excluding hydrogens is 448 g/mol. The largest absolute Gasteiger partial charge is 0.493 e. The summed E-state index contributed by atoms with van der Waals surface area (Å²) in [6.07, 6.45) is 0. The molecular formula is C20H21ClN2O7S. The molecule has 2 aromatic carbocycles. The number of ether oxygens (including phenoxy) is 3. The molecule has 2 aromatic rings. The number of nitrogens with zero attached hydrogens (tertiary/aromatic N) is 1. The van der Waals surface area contributed by atoms with Crippen molar-refractivity contribution in [3.63, 3.8) is 0 Å². The molecule has 1 saturated heterocycles. The summed E-state index contributed by atoms with van der Waals surface area (Å²) in [6.45, 7) is 1.54. The zero-order valence-electron chi connectivity index (χ0n) is 17.3. The molecule has 0 bridgehead atoms. The number of hydrogen-bond acceptors (Lipinski definition) is 7. The van der Waals surface area contributed by atoms with E-state index in [0.717, 1.165) is 4.31 Å². The molecule has 1 aliphatic heterocycles. The van der Waals surface area contributed by atoms with Crippen LogP contribution in [0.4, 0.5) is 11.4 Å². The van der Waals surface area contributed by atoms with Crippen LogP contribution in [-0.2, 0) is 14.8 Å². The van der Waals surface area contributed by atoms with Gasteiger partial charge in [-0.2, -0.15) is 0 Å². The first-order chi connectivity index (χ1) is 14.6. The predicted octanol–water partition coefficient (Wildman–Crippen LogP) is 2.93. The molecule has 11 heteroatoms. The van der Waals surface area contributed by atoms with Crippen molar-refractivity contribution in [3.8, 4) is 17.2 Å². The van der Waals surface area contributed by atoms with Gasteiger partial charge in [0.05, 0.1) is 49.3 Å². The van der Waals surface area contributed by atoms with E-state index in [1.807, 2.05) is 0 Å². The maximum Gasteiger partial charge on any atom is 0.257 e. The second kappa shape index (κ2) is 8.64. The van der Waals surface area contributed by atoms with Gasteiger partial charge in [-0.1, -0.05) is 18.5 Å². The Bertz CT molecular complexity index is 1130. The Morgan fingerprint density at radius 2 is 1.71 bits per heavy atom. The Hall–Kier alpha value is -2.98. The van der Waals surface area contributed by atoms with Gasteiger partial charge in [0.15, 0.2) is 11.5 Å². The predicted molar refractivity (Wildman–Crippen MR) is 116 cm³/mol. The van der Waals surface area contributed by atoms with Crippen molar-refractivity contribution >= 4 is 44.8 Å². The van der Waals surface area contributed by atoms with E-state index in [0.29, 0.717) is 22.9 Å². The molecule has 2 amide bonds. The fourth-order valence-corrected chi connectivity index (χ4v) is 5.33. The van der Waals surface area contributed by atoms with Gasteiger partial charge in [-0.05, 0) is 18.2 Å². The molecule has 1 heterocycles. The number of sulfonamides is 1. The molecule has 1 aliphatic rings. The van der Waals surface area contributed by atoms with Crippen molar-refractivity contribution in [1.29, 1.82) is 0 Å². The summed E-state index contributed by atoms with van der Waals surface area (Å²) in [4.78, 5) is 25.0. The molecule has 0 radical (unpaired) electrons. The van der Waals surface area contributed by atoms with Gasteiger partial charge in [-0.25, -0.2) is 12.7 Å². The highest BCUT2D eigenvalue weighted by atomic mass is 35.5. The van der Waals surface area contributed by atoms with Crippen molar-refractivity contribution in [3.05, 3.63) is 40.9 Å². The quantitative estimate of drug-likeness (QED) is 0.693. The molecule has 0 spiro atoms. The summed E-state index contributed by atoms with van der Waals surface area (Å²) >= 11 is 6.25. The SMILES string of the molecule is COc1cc(NC(=O)c2ccc(N3C(=O)C(C)CS3(=O)=O)cc2Cl)cc(OC)c1OC. The summed E-state index contributed by atoms with van der Waals surface area (Å²) in [6, 6.07) is 7.11. The van der Waals surface area contributed by atoms with Crippen molar-refractivity contribution in [2.45, 2.75) is 6.92 Å². The van der Waals surface area contributed by atoms with E-state index >= 15 is 0 Å². The van der Waals surface area contributed by atoms with E-state index in [4.69, 9.17) is 25.8 Å². The zero-order valence-corrected chi connectivity index (χ0v) is 18.8. The maximum atomic E-state index is 12.8. The zero-order chi connectivity index (χ0) is 22.9. The van der Waals surface area contributed by atoms with Crippen LogP contribution in [0.3, 0.4) is 0 Å². The number of halogens is 1. The van der Waals surface area contributed by atoms with Crippen LogP contribution in [0.25, 0.3) is 0 Å². The Morgan fingerprint density at radius 1 is 1.10 bits per heavy atom. The van der Waals surface area contributed by atoms with Gasteiger partial charge in [-0.3, -0.25) is 9.59 Å². The monoisotopic (exact) mass is 468 g/mol. The van der Waals surface area contributed by atoms with Crippen LogP contribution in [0.1, 0.15) is 17.3 Å². The van der Waals surface area contributed by atoms with Crippen LogP contribution < -0.4 is 23.8 Å². The molecule has 1 unspecified atom stereocenters. The van der Waals surface area contributed by atoms with E-state index in [1.54, 1.807) is 19.1 Å². The molecule has 0 aliphatic carbocycles. The smallest absolute Gasteiger partial charge is 0.257 e. The van der Waals surface area contributed by atoms with Crippen LogP contribution in [0, 0.1) is 5.92 Å². The number of methoxy groups -OCH3 is 3. The summed E-state index contributed by atoms with van der Waals surface area (Å²) in [5, 5.41) is 2.67. The lowest BCUT2D eigenvalue weighted by atomic mass is 10.1. The van der Waals surface area contributed by atoms with Crippen molar-refractivity contribution in [2.75, 3.05) is 36.7 Å². The maximum absolute atomic E-state index is 12.8. The molecule has 9 nitrogen and oxygen atoms in total. The number of rotatable bonds is 6. The fraction of sp³-hybridized carbons (Fsp3) is 0.300. The first kappa shape index (κ1) is 22.7. The molecule has 0 aromatic heterocycles. The van der Waals surface area contributed by atoms with Gasteiger partial charge < -0.3 is 19.5 Å². The third kappa shape index (κ3) is 4.26. The van der Waals surface area contributed by atoms with Gasteiger partial charge in [0, 0.05) is 17.8 Å². The Labute approximate surface area is 184 Å². The van der Waals surface area contributed by atoms with Gasteiger partial charge in [-0.15, -0.1) is 0 Å². The summed E-state index contributed by atoms with van der Waals surface area (Å²) in [5.74, 6) is -0.924. The normalized spacial score (nSPS) is 17.4. The van der Waals surface area contributed by atoms with E-state index in [-0.39, 0.29) is 22.0 Å². The minimum atomic E-state index is -3.77. The topological polar surface area (TPSA) is 111 Å². The fourth-order valence-electron chi connectivity index (χ4n) is 3.25. The van der Waals surface area contributed by atoms with Gasteiger partial charge in [0.1, 0.15) is 0 Å². The minimum absolute atomic E-state index is 0.00926. The number of hydrogen-bond donors (Lipinski definition) is 1. The third-order valence-corrected chi connectivity index (χ3v) is 6.90. The standard InChI is InChI=1S/C20H21ClN2O7S/c1-11-10-31(26,27)23(20(11)25)13-5-6-14(15(21)9-13)19(24)22-12-7-16(28-2)18(30-4)17(8-12)29-3/h5-9,11H,10H2,1-4H3,(H,22,24). The number of amides is 2. The lowest BCUT2D eigenvalue weighted by Crippen LogP contribution is -2.30. The lowest BCUT2D eigenvalue weighted by molar-refractivity contribution is -0.119. The van der Waals surface area contributed by atoms with Crippen molar-refractivity contribution in [2.24, 2.45) is 5.92 Å². The van der Waals surface area contributed by atoms with Crippen LogP contribution in [0.15, 0.2) is 30.3 Å². The second-order valence-corrected chi connectivity index (χ2v) is 9.08. The van der Waals surface area contributed by atoms with Crippen molar-refractivity contribution < 1.29 is 32.2 Å². The highest BCUT2D eigenvalue weighted by Crippen LogP contribution is 2.40. The van der Waals surface area contributed by atoms with Crippen LogP contribution in [-0.4, -0.2) is 47.3 Å². The van der Waals surface area contributed by atoms with Crippen LogP contribution >= 0.6 is 11.6 Å². The van der Waals surface area contributed by atoms with Crippen molar-refractivity contribution in [1.82, 2.24) is 0 Å². The van der Waals surface area contributed by atoms with Crippen LogP contribution in [0.5, 0.6) is 17.2 Å². The highest BCUT2D eigenvalue weighted by Gasteiger charge is 2.42. The van der Waals surface area contributed by atoms with E-state index in [9.17, 15) is 18.0 Å². The first-order valence-electron chi connectivity index (χ1n) is 9.10. The van der Waals surface area contributed by atoms with Crippen LogP contribution in [0.2, 0.25) is 5.02 Å². The van der Waals surface area contributed by atoms with E-state index in [1.165, 1.54) is 39.5 Å².